The van der Waals surface area contributed by atoms with Crippen molar-refractivity contribution in [2.75, 3.05) is 25.0 Å². The number of amides is 1. The van der Waals surface area contributed by atoms with Crippen LogP contribution in [0.3, 0.4) is 0 Å². The molecular weight excluding hydrogens is 618 g/mol. The third-order valence-electron chi connectivity index (χ3n) is 8.03. The van der Waals surface area contributed by atoms with Gasteiger partial charge in [0.05, 0.1) is 17.1 Å². The fourth-order valence-electron chi connectivity index (χ4n) is 5.55. The highest BCUT2D eigenvalue weighted by molar-refractivity contribution is 9.09. The summed E-state index contributed by atoms with van der Waals surface area (Å²) < 4.78 is 3.99. The number of carbonyl (C=O) groups is 1. The van der Waals surface area contributed by atoms with Gasteiger partial charge in [-0.05, 0) is 44.0 Å². The zero-order valence-corrected chi connectivity index (χ0v) is 26.0. The zero-order chi connectivity index (χ0) is 27.0. The lowest BCUT2D eigenvalue weighted by Crippen LogP contribution is -2.63. The number of aromatic nitrogens is 2. The normalized spacial score (nSPS) is 15.9. The van der Waals surface area contributed by atoms with E-state index in [0.717, 1.165) is 27.5 Å². The Labute approximate surface area is 249 Å². The van der Waals surface area contributed by atoms with E-state index in [1.807, 2.05) is 32.2 Å². The first kappa shape index (κ1) is 29.3. The summed E-state index contributed by atoms with van der Waals surface area (Å²) in [6.07, 6.45) is 0.517. The van der Waals surface area contributed by atoms with E-state index in [4.69, 9.17) is 5.73 Å². The number of nitrogens with zero attached hydrogens (tertiary/aromatic N) is 3. The summed E-state index contributed by atoms with van der Waals surface area (Å²) in [5.41, 5.74) is 12.8. The van der Waals surface area contributed by atoms with Gasteiger partial charge >= 0.3 is 0 Å². The number of benzene rings is 3. The molecule has 206 valence electrons. The molecule has 5 rings (SSSR count). The van der Waals surface area contributed by atoms with Gasteiger partial charge < -0.3 is 15.2 Å². The van der Waals surface area contributed by atoms with Crippen molar-refractivity contribution in [3.63, 3.8) is 0 Å². The monoisotopic (exact) mass is 653 g/mol. The summed E-state index contributed by atoms with van der Waals surface area (Å²) in [6.45, 7) is 8.06. The zero-order valence-electron chi connectivity index (χ0n) is 22.7. The second-order valence-corrected chi connectivity index (χ2v) is 11.4. The highest BCUT2D eigenvalue weighted by Crippen LogP contribution is 2.34. The van der Waals surface area contributed by atoms with E-state index >= 15 is 0 Å². The van der Waals surface area contributed by atoms with Crippen LogP contribution in [0.2, 0.25) is 0 Å². The van der Waals surface area contributed by atoms with E-state index in [1.54, 1.807) is 0 Å². The maximum atomic E-state index is 14.2. The predicted molar refractivity (Wildman–Crippen MR) is 167 cm³/mol. The van der Waals surface area contributed by atoms with Crippen molar-refractivity contribution in [1.82, 2.24) is 14.0 Å². The van der Waals surface area contributed by atoms with Crippen LogP contribution in [0.25, 0.3) is 11.0 Å². The molecule has 3 aromatic carbocycles. The third kappa shape index (κ3) is 5.52. The van der Waals surface area contributed by atoms with Crippen molar-refractivity contribution in [2.45, 2.75) is 39.3 Å². The minimum Gasteiger partial charge on any atom is -0.339 e. The number of aryl methyl sites for hydroxylation is 2. The van der Waals surface area contributed by atoms with Crippen LogP contribution in [0.5, 0.6) is 0 Å². The van der Waals surface area contributed by atoms with E-state index in [9.17, 15) is 10.2 Å². The summed E-state index contributed by atoms with van der Waals surface area (Å²) >= 11 is 3.60. The van der Waals surface area contributed by atoms with Crippen LogP contribution >= 0.6 is 32.9 Å². The molecule has 1 aromatic heterocycles. The molecule has 3 N–H and O–H groups in total. The molecule has 4 aromatic rings. The maximum Gasteiger partial charge on any atom is 0.246 e. The number of carbonyl (C=O) groups excluding carboxylic acids is 1. The quantitative estimate of drug-likeness (QED) is 0.239. The van der Waals surface area contributed by atoms with Gasteiger partial charge in [0.2, 0.25) is 11.5 Å². The Kier molecular flexibility index (Phi) is 8.88. The highest BCUT2D eigenvalue weighted by Gasteiger charge is 2.45. The summed E-state index contributed by atoms with van der Waals surface area (Å²) in [7, 11) is 0. The third-order valence-corrected chi connectivity index (χ3v) is 9.22. The fourth-order valence-corrected chi connectivity index (χ4v) is 6.14. The number of fused-ring (bicyclic) bond motifs is 1. The van der Waals surface area contributed by atoms with Crippen LogP contribution in [-0.2, 0) is 11.2 Å². The lowest BCUT2D eigenvalue weighted by molar-refractivity contribution is -0.145. The molecule has 2 heterocycles. The van der Waals surface area contributed by atoms with Crippen molar-refractivity contribution < 1.29 is 4.79 Å². The molecular formula is C31H37Br2N5O. The van der Waals surface area contributed by atoms with Crippen LogP contribution in [0.4, 0.5) is 0 Å². The summed E-state index contributed by atoms with van der Waals surface area (Å²) in [5, 5.41) is 10.2. The smallest absolute Gasteiger partial charge is 0.246 e. The first-order valence-electron chi connectivity index (χ1n) is 13.2. The molecule has 1 aliphatic rings. The molecule has 0 aliphatic carbocycles. The number of para-hydroxylation sites is 2. The average molecular weight is 655 g/mol. The SMILES string of the molecule is Br.Cc1ccc(CC(C(=O)N2CC(CN)(CBr)C2)n2c(=N)n(C(C)c3ccc(C)cc3)c3ccccc32)cc1. The minimum atomic E-state index is -0.535. The number of halogens is 2. The van der Waals surface area contributed by atoms with Crippen LogP contribution in [-0.4, -0.2) is 44.9 Å². The molecule has 1 fully saturated rings. The number of hydrogen-bond donors (Lipinski definition) is 2. The summed E-state index contributed by atoms with van der Waals surface area (Å²) in [4.78, 5) is 16.1. The van der Waals surface area contributed by atoms with Crippen LogP contribution < -0.4 is 11.4 Å². The van der Waals surface area contributed by atoms with Gasteiger partial charge in [0.1, 0.15) is 6.04 Å². The molecule has 0 bridgehead atoms. The van der Waals surface area contributed by atoms with Crippen LogP contribution in [0.15, 0.2) is 72.8 Å². The standard InChI is InChI=1S/C31H36BrN5O.BrH/c1-21-8-12-24(13-9-21)16-28(29(38)35-19-31(17-32,18-33)20-35)37-27-7-5-4-6-26(27)36(30(37)34)23(3)25-14-10-22(2)11-15-25;/h4-15,23,28,34H,16-20,33H2,1-3H3;1H. The molecule has 8 heteroatoms. The number of nitrogens with one attached hydrogen (secondary N) is 1. The van der Waals surface area contributed by atoms with Gasteiger partial charge in [0, 0.05) is 36.8 Å². The topological polar surface area (TPSA) is 80.0 Å². The van der Waals surface area contributed by atoms with E-state index in [0.29, 0.717) is 31.7 Å². The van der Waals surface area contributed by atoms with Gasteiger partial charge in [-0.1, -0.05) is 87.7 Å². The highest BCUT2D eigenvalue weighted by atomic mass is 79.9. The molecule has 1 amide bonds. The Morgan fingerprint density at radius 3 is 2.03 bits per heavy atom. The van der Waals surface area contributed by atoms with Gasteiger partial charge in [-0.2, -0.15) is 0 Å². The van der Waals surface area contributed by atoms with Crippen molar-refractivity contribution >= 4 is 49.9 Å². The van der Waals surface area contributed by atoms with Gasteiger partial charge in [0.15, 0.2) is 0 Å². The number of nitrogens with two attached hydrogens (primary N) is 1. The Balaban J connectivity index is 0.00000353. The van der Waals surface area contributed by atoms with Crippen LogP contribution in [0.1, 0.15) is 41.3 Å². The van der Waals surface area contributed by atoms with Crippen molar-refractivity contribution in [2.24, 2.45) is 11.1 Å². The van der Waals surface area contributed by atoms with Crippen LogP contribution in [0, 0.1) is 24.7 Å². The van der Waals surface area contributed by atoms with Gasteiger partial charge in [-0.15, -0.1) is 17.0 Å². The Bertz CT molecular complexity index is 1500. The Morgan fingerprint density at radius 2 is 1.49 bits per heavy atom. The van der Waals surface area contributed by atoms with Gasteiger partial charge in [0.25, 0.3) is 0 Å². The van der Waals surface area contributed by atoms with Gasteiger partial charge in [-0.25, -0.2) is 0 Å². The van der Waals surface area contributed by atoms with Crippen molar-refractivity contribution in [3.05, 3.63) is 101 Å². The molecule has 39 heavy (non-hydrogen) atoms. The first-order chi connectivity index (χ1) is 18.3. The largest absolute Gasteiger partial charge is 0.339 e. The number of rotatable bonds is 8. The van der Waals surface area contributed by atoms with E-state index in [-0.39, 0.29) is 34.3 Å². The number of likely N-dealkylation sites (tertiary alicyclic amines) is 1. The molecule has 0 spiro atoms. The molecule has 1 saturated heterocycles. The summed E-state index contributed by atoms with van der Waals surface area (Å²) in [6, 6.07) is 24.3. The summed E-state index contributed by atoms with van der Waals surface area (Å²) in [5.74, 6) is 0.0417. The lowest BCUT2D eigenvalue weighted by Gasteiger charge is -2.50. The molecule has 6 nitrogen and oxygen atoms in total. The van der Waals surface area contributed by atoms with Gasteiger partial charge in [-0.3, -0.25) is 14.8 Å². The molecule has 2 unspecified atom stereocenters. The van der Waals surface area contributed by atoms with E-state index in [1.165, 1.54) is 11.1 Å². The lowest BCUT2D eigenvalue weighted by atomic mass is 9.81. The Hall–Kier alpha value is -2.68. The molecule has 0 saturated carbocycles. The first-order valence-corrected chi connectivity index (χ1v) is 14.3. The second kappa shape index (κ2) is 11.8. The number of hydrogen-bond acceptors (Lipinski definition) is 3. The predicted octanol–water partition coefficient (Wildman–Crippen LogP) is 5.69. The Morgan fingerprint density at radius 1 is 0.949 bits per heavy atom. The number of imidazole rings is 1. The second-order valence-electron chi connectivity index (χ2n) is 10.9. The minimum absolute atomic E-state index is 0. The molecule has 2 atom stereocenters. The van der Waals surface area contributed by atoms with E-state index < -0.39 is 6.04 Å². The fraction of sp³-hybridized carbons (Fsp3) is 0.355. The van der Waals surface area contributed by atoms with Crippen molar-refractivity contribution in [3.8, 4) is 0 Å². The maximum absolute atomic E-state index is 14.2. The number of alkyl halides is 1. The average Bonchev–Trinajstić information content (AvgIpc) is 3.19. The molecule has 0 radical (unpaired) electrons. The molecule has 1 aliphatic heterocycles. The van der Waals surface area contributed by atoms with Crippen molar-refractivity contribution in [1.29, 1.82) is 5.41 Å². The van der Waals surface area contributed by atoms with E-state index in [2.05, 4.69) is 91.3 Å².